The Morgan fingerprint density at radius 2 is 0.633 bits per heavy atom. The van der Waals surface area contributed by atoms with Crippen LogP contribution < -0.4 is 0 Å². The summed E-state index contributed by atoms with van der Waals surface area (Å²) in [5, 5.41) is 0. The molecule has 0 aromatic rings. The molecule has 0 saturated heterocycles. The summed E-state index contributed by atoms with van der Waals surface area (Å²) >= 11 is 0. The third kappa shape index (κ3) is 8.86. The molecule has 0 atom stereocenters. The molecule has 0 aliphatic heterocycles. The Morgan fingerprint density at radius 1 is 0.367 bits per heavy atom. The zero-order chi connectivity index (χ0) is 21.0. The van der Waals surface area contributed by atoms with Gasteiger partial charge in [0.25, 0.3) is 0 Å². The molecular weight excluding hydrogens is 360 g/mol. The van der Waals surface area contributed by atoms with E-state index in [1.165, 1.54) is 51.4 Å². The molecule has 0 nitrogen and oxygen atoms in total. The van der Waals surface area contributed by atoms with Crippen molar-refractivity contribution in [3.63, 3.8) is 0 Å². The van der Waals surface area contributed by atoms with E-state index in [0.29, 0.717) is 0 Å². The van der Waals surface area contributed by atoms with E-state index in [1.807, 2.05) is 0 Å². The molecule has 176 valence electrons. The van der Waals surface area contributed by atoms with Crippen molar-refractivity contribution in [1.29, 1.82) is 0 Å². The van der Waals surface area contributed by atoms with E-state index < -0.39 is 0 Å². The Balaban J connectivity index is 1.23. The number of rotatable bonds is 12. The van der Waals surface area contributed by atoms with Gasteiger partial charge in [0.1, 0.15) is 0 Å². The van der Waals surface area contributed by atoms with Crippen molar-refractivity contribution in [2.45, 2.75) is 155 Å². The van der Waals surface area contributed by atoms with Gasteiger partial charge in [-0.25, -0.2) is 0 Å². The zero-order valence-corrected chi connectivity index (χ0v) is 21.0. The van der Waals surface area contributed by atoms with E-state index in [4.69, 9.17) is 0 Å². The van der Waals surface area contributed by atoms with Gasteiger partial charge in [-0.05, 0) is 48.3 Å². The summed E-state index contributed by atoms with van der Waals surface area (Å²) in [4.78, 5) is 0. The number of hydrogen-bond acceptors (Lipinski definition) is 0. The minimum atomic E-state index is 1.09. The topological polar surface area (TPSA) is 0 Å². The van der Waals surface area contributed by atoms with Gasteiger partial charge in [0.05, 0.1) is 0 Å². The first kappa shape index (κ1) is 24.6. The third-order valence-electron chi connectivity index (χ3n) is 9.66. The van der Waals surface area contributed by atoms with Gasteiger partial charge in [-0.1, -0.05) is 142 Å². The van der Waals surface area contributed by atoms with Crippen molar-refractivity contribution in [2.24, 2.45) is 35.5 Å². The van der Waals surface area contributed by atoms with Crippen LogP contribution in [0.4, 0.5) is 0 Å². The Labute approximate surface area is 190 Å². The molecule has 3 aliphatic rings. The first-order chi connectivity index (χ1) is 14.8. The maximum atomic E-state index is 2.34. The summed E-state index contributed by atoms with van der Waals surface area (Å²) in [7, 11) is 0. The molecule has 0 N–H and O–H groups in total. The first-order valence-electron chi connectivity index (χ1n) is 14.8. The highest BCUT2D eigenvalue weighted by Crippen LogP contribution is 2.42. The van der Waals surface area contributed by atoms with Crippen LogP contribution in [0.2, 0.25) is 0 Å². The normalized spacial score (nSPS) is 35.4. The van der Waals surface area contributed by atoms with Crippen LogP contribution >= 0.6 is 0 Å². The second kappa shape index (κ2) is 14.2. The van der Waals surface area contributed by atoms with Crippen LogP contribution in [0.1, 0.15) is 155 Å². The lowest BCUT2D eigenvalue weighted by Gasteiger charge is -2.36. The van der Waals surface area contributed by atoms with E-state index in [9.17, 15) is 0 Å². The fourth-order valence-corrected chi connectivity index (χ4v) is 7.52. The molecule has 3 aliphatic carbocycles. The van der Waals surface area contributed by atoms with Gasteiger partial charge < -0.3 is 0 Å². The predicted octanol–water partition coefficient (Wildman–Crippen LogP) is 10.3. The van der Waals surface area contributed by atoms with Crippen LogP contribution in [0.25, 0.3) is 0 Å². The lowest BCUT2D eigenvalue weighted by atomic mass is 9.70. The Hall–Kier alpha value is 0. The maximum absolute atomic E-state index is 2.34. The standard InChI is InChI=1S/C30H56/c1-3-5-7-9-25-11-15-27(16-12-25)23-29-19-21-30(22-20-29)24-28-17-13-26(14-18-28)10-8-6-4-2/h25-30H,3-24H2,1-2H3/t25?,26?,27?,28?,29-,30-. The minimum absolute atomic E-state index is 1.09. The van der Waals surface area contributed by atoms with Crippen molar-refractivity contribution in [1.82, 2.24) is 0 Å². The van der Waals surface area contributed by atoms with Gasteiger partial charge >= 0.3 is 0 Å². The molecule has 30 heavy (non-hydrogen) atoms. The van der Waals surface area contributed by atoms with Gasteiger partial charge in [-0.3, -0.25) is 0 Å². The van der Waals surface area contributed by atoms with Crippen molar-refractivity contribution >= 4 is 0 Å². The van der Waals surface area contributed by atoms with Crippen LogP contribution in [0.5, 0.6) is 0 Å². The molecule has 0 unspecified atom stereocenters. The van der Waals surface area contributed by atoms with Crippen LogP contribution in [0.15, 0.2) is 0 Å². The monoisotopic (exact) mass is 416 g/mol. The minimum Gasteiger partial charge on any atom is -0.0654 e. The molecule has 0 heteroatoms. The molecule has 3 fully saturated rings. The average Bonchev–Trinajstić information content (AvgIpc) is 2.78. The van der Waals surface area contributed by atoms with Crippen LogP contribution in [0.3, 0.4) is 0 Å². The summed E-state index contributed by atoms with van der Waals surface area (Å²) in [6, 6.07) is 0. The zero-order valence-electron chi connectivity index (χ0n) is 21.0. The summed E-state index contributed by atoms with van der Waals surface area (Å²) in [6.07, 6.45) is 33.8. The molecule has 3 rings (SSSR count). The van der Waals surface area contributed by atoms with E-state index >= 15 is 0 Å². The summed E-state index contributed by atoms with van der Waals surface area (Å²) in [5.41, 5.74) is 0. The molecule has 0 bridgehead atoms. The second-order valence-corrected chi connectivity index (χ2v) is 12.1. The maximum Gasteiger partial charge on any atom is -0.0411 e. The molecule has 0 radical (unpaired) electrons. The molecule has 0 heterocycles. The fourth-order valence-electron chi connectivity index (χ4n) is 7.52. The van der Waals surface area contributed by atoms with E-state index in [1.54, 1.807) is 89.9 Å². The van der Waals surface area contributed by atoms with Gasteiger partial charge in [0.15, 0.2) is 0 Å². The third-order valence-corrected chi connectivity index (χ3v) is 9.66. The van der Waals surface area contributed by atoms with Crippen molar-refractivity contribution < 1.29 is 0 Å². The molecule has 0 spiro atoms. The summed E-state index contributed by atoms with van der Waals surface area (Å²) < 4.78 is 0. The highest BCUT2D eigenvalue weighted by atomic mass is 14.3. The first-order valence-corrected chi connectivity index (χ1v) is 14.8. The second-order valence-electron chi connectivity index (χ2n) is 12.1. The van der Waals surface area contributed by atoms with E-state index in [0.717, 1.165) is 35.5 Å². The number of hydrogen-bond donors (Lipinski definition) is 0. The average molecular weight is 417 g/mol. The molecular formula is C30H56. The quantitative estimate of drug-likeness (QED) is 0.277. The van der Waals surface area contributed by atoms with Crippen molar-refractivity contribution in [3.05, 3.63) is 0 Å². The number of unbranched alkanes of at least 4 members (excludes halogenated alkanes) is 4. The van der Waals surface area contributed by atoms with Gasteiger partial charge in [-0.2, -0.15) is 0 Å². The molecule has 0 aromatic carbocycles. The smallest absolute Gasteiger partial charge is 0.0411 e. The predicted molar refractivity (Wildman–Crippen MR) is 134 cm³/mol. The SMILES string of the molecule is CCCCCC1CCC(C[C@H]2CC[C@H](CC3CCC(CCCCC)CC3)CC2)CC1. The van der Waals surface area contributed by atoms with Crippen LogP contribution in [-0.2, 0) is 0 Å². The van der Waals surface area contributed by atoms with E-state index in [-0.39, 0.29) is 0 Å². The Kier molecular flexibility index (Phi) is 11.7. The van der Waals surface area contributed by atoms with Gasteiger partial charge in [0, 0.05) is 0 Å². The van der Waals surface area contributed by atoms with Crippen LogP contribution in [-0.4, -0.2) is 0 Å². The largest absolute Gasteiger partial charge is 0.0654 e. The summed E-state index contributed by atoms with van der Waals surface area (Å²) in [6.45, 7) is 4.68. The van der Waals surface area contributed by atoms with Crippen LogP contribution in [0, 0.1) is 35.5 Å². The Morgan fingerprint density at radius 3 is 0.900 bits per heavy atom. The van der Waals surface area contributed by atoms with Gasteiger partial charge in [0.2, 0.25) is 0 Å². The van der Waals surface area contributed by atoms with Crippen molar-refractivity contribution in [2.75, 3.05) is 0 Å². The summed E-state index contributed by atoms with van der Waals surface area (Å²) in [5.74, 6) is 6.55. The fraction of sp³-hybridized carbons (Fsp3) is 1.00. The molecule has 0 aromatic heterocycles. The van der Waals surface area contributed by atoms with Gasteiger partial charge in [-0.15, -0.1) is 0 Å². The van der Waals surface area contributed by atoms with E-state index in [2.05, 4.69) is 13.8 Å². The van der Waals surface area contributed by atoms with Crippen molar-refractivity contribution in [3.8, 4) is 0 Å². The lowest BCUT2D eigenvalue weighted by molar-refractivity contribution is 0.161. The lowest BCUT2D eigenvalue weighted by Crippen LogP contribution is -2.23. The molecule has 3 saturated carbocycles. The highest BCUT2D eigenvalue weighted by molar-refractivity contribution is 4.81. The Bertz CT molecular complexity index is 362. The molecule has 0 amide bonds. The highest BCUT2D eigenvalue weighted by Gasteiger charge is 2.29.